The van der Waals surface area contributed by atoms with Gasteiger partial charge in [0.05, 0.1) is 0 Å². The number of aryl methyl sites for hydroxylation is 2. The summed E-state index contributed by atoms with van der Waals surface area (Å²) in [6, 6.07) is 3.93. The number of fused-ring (bicyclic) bond motifs is 1. The van der Waals surface area contributed by atoms with E-state index in [0.717, 1.165) is 20.9 Å². The summed E-state index contributed by atoms with van der Waals surface area (Å²) in [6.07, 6.45) is 1.74. The van der Waals surface area contributed by atoms with Crippen molar-refractivity contribution in [2.24, 2.45) is 0 Å². The molecule has 0 saturated carbocycles. The highest BCUT2D eigenvalue weighted by atomic mass is 35.5. The molecule has 0 spiro atoms. The van der Waals surface area contributed by atoms with Crippen LogP contribution in [-0.2, 0) is 0 Å². The molecule has 4 nitrogen and oxygen atoms in total. The molecule has 7 heteroatoms. The summed E-state index contributed by atoms with van der Waals surface area (Å²) in [4.78, 5) is 19.2. The second-order valence-electron chi connectivity index (χ2n) is 3.96. The van der Waals surface area contributed by atoms with Crippen LogP contribution >= 0.6 is 34.7 Å². The van der Waals surface area contributed by atoms with Gasteiger partial charge in [-0.3, -0.25) is 0 Å². The van der Waals surface area contributed by atoms with Crippen molar-refractivity contribution in [1.29, 1.82) is 0 Å². The summed E-state index contributed by atoms with van der Waals surface area (Å²) in [5.74, 6) is 0. The minimum atomic E-state index is 0.254. The maximum absolute atomic E-state index is 5.96. The molecule has 0 aliphatic heterocycles. The number of hydrogen-bond acceptors (Lipinski definition) is 6. The first-order chi connectivity index (χ1) is 9.11. The average molecular weight is 309 g/mol. The molecule has 0 saturated heterocycles. The fourth-order valence-electron chi connectivity index (χ4n) is 1.63. The van der Waals surface area contributed by atoms with E-state index in [9.17, 15) is 0 Å². The van der Waals surface area contributed by atoms with Crippen LogP contribution in [0, 0.1) is 13.8 Å². The SMILES string of the molecule is Cc1ccnc(Sc2nc(Cl)nc3sc(C)cc23)n1. The Hall–Kier alpha value is -1.24. The molecule has 0 unspecified atom stereocenters. The quantitative estimate of drug-likeness (QED) is 0.531. The van der Waals surface area contributed by atoms with E-state index >= 15 is 0 Å². The van der Waals surface area contributed by atoms with Crippen LogP contribution in [-0.4, -0.2) is 19.9 Å². The third-order valence-corrected chi connectivity index (χ3v) is 4.41. The van der Waals surface area contributed by atoms with Gasteiger partial charge in [-0.2, -0.15) is 0 Å². The average Bonchev–Trinajstić information content (AvgIpc) is 2.69. The maximum Gasteiger partial charge on any atom is 0.224 e. The van der Waals surface area contributed by atoms with Crippen molar-refractivity contribution >= 4 is 44.9 Å². The van der Waals surface area contributed by atoms with Gasteiger partial charge < -0.3 is 0 Å². The number of thiophene rings is 1. The van der Waals surface area contributed by atoms with Gasteiger partial charge in [-0.15, -0.1) is 11.3 Å². The Labute approximate surface area is 123 Å². The number of nitrogens with zero attached hydrogens (tertiary/aromatic N) is 4. The number of rotatable bonds is 2. The van der Waals surface area contributed by atoms with Crippen LogP contribution in [0.1, 0.15) is 10.6 Å². The molecule has 0 N–H and O–H groups in total. The Morgan fingerprint density at radius 2 is 2.05 bits per heavy atom. The molecule has 96 valence electrons. The van der Waals surface area contributed by atoms with Crippen LogP contribution in [0.2, 0.25) is 5.28 Å². The number of halogens is 1. The van der Waals surface area contributed by atoms with Crippen LogP contribution in [0.5, 0.6) is 0 Å². The molecule has 0 atom stereocenters. The summed E-state index contributed by atoms with van der Waals surface area (Å²) in [6.45, 7) is 3.97. The van der Waals surface area contributed by atoms with Crippen LogP contribution < -0.4 is 0 Å². The van der Waals surface area contributed by atoms with Gasteiger partial charge in [0.2, 0.25) is 5.28 Å². The van der Waals surface area contributed by atoms with Crippen molar-refractivity contribution < 1.29 is 0 Å². The molecular formula is C12H9ClN4S2. The molecule has 19 heavy (non-hydrogen) atoms. The first-order valence-corrected chi connectivity index (χ1v) is 7.54. The molecular weight excluding hydrogens is 300 g/mol. The molecule has 0 aliphatic carbocycles. The molecule has 0 amide bonds. The Kier molecular flexibility index (Phi) is 3.38. The van der Waals surface area contributed by atoms with Crippen molar-refractivity contribution in [1.82, 2.24) is 19.9 Å². The van der Waals surface area contributed by atoms with Crippen LogP contribution in [0.25, 0.3) is 10.2 Å². The summed E-state index contributed by atoms with van der Waals surface area (Å²) < 4.78 is 0. The lowest BCUT2D eigenvalue weighted by Crippen LogP contribution is -1.91. The van der Waals surface area contributed by atoms with Crippen molar-refractivity contribution in [3.8, 4) is 0 Å². The number of hydrogen-bond donors (Lipinski definition) is 0. The summed E-state index contributed by atoms with van der Waals surface area (Å²) in [5, 5.41) is 2.72. The van der Waals surface area contributed by atoms with E-state index < -0.39 is 0 Å². The maximum atomic E-state index is 5.96. The normalized spacial score (nSPS) is 11.1. The van der Waals surface area contributed by atoms with Gasteiger partial charge >= 0.3 is 0 Å². The summed E-state index contributed by atoms with van der Waals surface area (Å²) >= 11 is 8.97. The van der Waals surface area contributed by atoms with E-state index in [4.69, 9.17) is 11.6 Å². The second kappa shape index (κ2) is 5.03. The predicted molar refractivity (Wildman–Crippen MR) is 78.1 cm³/mol. The molecule has 0 bridgehead atoms. The van der Waals surface area contributed by atoms with Gasteiger partial charge in [0, 0.05) is 22.2 Å². The first kappa shape index (κ1) is 12.8. The zero-order valence-electron chi connectivity index (χ0n) is 10.2. The van der Waals surface area contributed by atoms with E-state index in [0.29, 0.717) is 5.16 Å². The minimum absolute atomic E-state index is 0.254. The molecule has 0 radical (unpaired) electrons. The third kappa shape index (κ3) is 2.70. The molecule has 3 aromatic rings. The molecule has 0 fully saturated rings. The van der Waals surface area contributed by atoms with E-state index in [-0.39, 0.29) is 5.28 Å². The molecule has 3 rings (SSSR count). The lowest BCUT2D eigenvalue weighted by Gasteiger charge is -2.02. The zero-order chi connectivity index (χ0) is 13.4. The van der Waals surface area contributed by atoms with E-state index in [1.807, 2.05) is 19.9 Å². The largest absolute Gasteiger partial charge is 0.231 e. The third-order valence-electron chi connectivity index (χ3n) is 2.41. The first-order valence-electron chi connectivity index (χ1n) is 5.53. The Morgan fingerprint density at radius 3 is 2.84 bits per heavy atom. The molecule has 3 heterocycles. The minimum Gasteiger partial charge on any atom is -0.231 e. The standard InChI is InChI=1S/C12H9ClN4S2/c1-6-3-4-14-12(15-6)19-10-8-5-7(2)18-9(8)16-11(13)17-10/h3-5H,1-2H3. The van der Waals surface area contributed by atoms with Crippen LogP contribution in [0.4, 0.5) is 0 Å². The molecule has 0 aliphatic rings. The van der Waals surface area contributed by atoms with Gasteiger partial charge in [-0.1, -0.05) is 0 Å². The van der Waals surface area contributed by atoms with E-state index in [1.165, 1.54) is 16.6 Å². The van der Waals surface area contributed by atoms with Gasteiger partial charge in [0.15, 0.2) is 5.16 Å². The highest BCUT2D eigenvalue weighted by Gasteiger charge is 2.12. The second-order valence-corrected chi connectivity index (χ2v) is 6.49. The summed E-state index contributed by atoms with van der Waals surface area (Å²) in [5.41, 5.74) is 0.926. The fourth-order valence-corrected chi connectivity index (χ4v) is 3.72. The topological polar surface area (TPSA) is 51.6 Å². The van der Waals surface area contributed by atoms with Crippen molar-refractivity contribution in [2.75, 3.05) is 0 Å². The lowest BCUT2D eigenvalue weighted by atomic mass is 10.4. The van der Waals surface area contributed by atoms with E-state index in [1.54, 1.807) is 17.5 Å². The van der Waals surface area contributed by atoms with Gasteiger partial charge in [-0.25, -0.2) is 19.9 Å². The Balaban J connectivity index is 2.09. The zero-order valence-corrected chi connectivity index (χ0v) is 12.6. The molecule has 0 aromatic carbocycles. The fraction of sp³-hybridized carbons (Fsp3) is 0.167. The van der Waals surface area contributed by atoms with Crippen molar-refractivity contribution in [3.05, 3.63) is 34.2 Å². The van der Waals surface area contributed by atoms with E-state index in [2.05, 4.69) is 26.0 Å². The van der Waals surface area contributed by atoms with Gasteiger partial charge in [-0.05, 0) is 49.3 Å². The highest BCUT2D eigenvalue weighted by molar-refractivity contribution is 7.99. The lowest BCUT2D eigenvalue weighted by molar-refractivity contribution is 0.928. The Bertz CT molecular complexity index is 757. The molecule has 3 aromatic heterocycles. The van der Waals surface area contributed by atoms with Gasteiger partial charge in [0.25, 0.3) is 0 Å². The van der Waals surface area contributed by atoms with Crippen LogP contribution in [0.15, 0.2) is 28.5 Å². The predicted octanol–water partition coefficient (Wildman–Crippen LogP) is 3.90. The van der Waals surface area contributed by atoms with Crippen molar-refractivity contribution in [3.63, 3.8) is 0 Å². The smallest absolute Gasteiger partial charge is 0.224 e. The monoisotopic (exact) mass is 308 g/mol. The Morgan fingerprint density at radius 1 is 1.21 bits per heavy atom. The van der Waals surface area contributed by atoms with Gasteiger partial charge in [0.1, 0.15) is 9.86 Å². The summed E-state index contributed by atoms with van der Waals surface area (Å²) in [7, 11) is 0. The van der Waals surface area contributed by atoms with Crippen LogP contribution in [0.3, 0.4) is 0 Å². The van der Waals surface area contributed by atoms with Crippen molar-refractivity contribution in [2.45, 2.75) is 24.0 Å². The highest BCUT2D eigenvalue weighted by Crippen LogP contribution is 2.34. The number of aromatic nitrogens is 4.